The third-order valence-corrected chi connectivity index (χ3v) is 12.0. The van der Waals surface area contributed by atoms with Crippen molar-refractivity contribution in [1.82, 2.24) is 39.6 Å². The lowest BCUT2D eigenvalue weighted by Crippen LogP contribution is -2.53. The minimum absolute atomic E-state index is 0.00237. The van der Waals surface area contributed by atoms with E-state index >= 15 is 0 Å². The van der Waals surface area contributed by atoms with Crippen LogP contribution in [0, 0.1) is 11.8 Å². The molecule has 0 spiro atoms. The van der Waals surface area contributed by atoms with E-state index in [4.69, 9.17) is 9.47 Å². The highest BCUT2D eigenvalue weighted by Gasteiger charge is 2.44. The van der Waals surface area contributed by atoms with Gasteiger partial charge in [-0.05, 0) is 48.4 Å². The smallest absolute Gasteiger partial charge is 0.416 e. The molecule has 3 saturated heterocycles. The summed E-state index contributed by atoms with van der Waals surface area (Å²) in [4.78, 5) is 65.7. The van der Waals surface area contributed by atoms with Crippen LogP contribution in [0.1, 0.15) is 59.8 Å². The number of fused-ring (bicyclic) bond motifs is 8. The average molecular weight is 829 g/mol. The maximum Gasteiger partial charge on any atom is 0.416 e. The van der Waals surface area contributed by atoms with Gasteiger partial charge in [0.05, 0.1) is 43.3 Å². The van der Waals surface area contributed by atoms with Gasteiger partial charge in [-0.3, -0.25) is 19.2 Å². The van der Waals surface area contributed by atoms with E-state index in [2.05, 4.69) is 15.3 Å². The molecule has 6 heterocycles. The summed E-state index contributed by atoms with van der Waals surface area (Å²) in [6.07, 6.45) is -2.14. The summed E-state index contributed by atoms with van der Waals surface area (Å²) in [5.74, 6) is -1.39. The molecule has 60 heavy (non-hydrogen) atoms. The Labute approximate surface area is 345 Å². The van der Waals surface area contributed by atoms with Crippen molar-refractivity contribution in [2.45, 2.75) is 64.1 Å². The van der Waals surface area contributed by atoms with E-state index in [1.54, 1.807) is 43.8 Å². The first-order chi connectivity index (χ1) is 28.9. The van der Waals surface area contributed by atoms with Crippen molar-refractivity contribution >= 4 is 23.6 Å². The van der Waals surface area contributed by atoms with Crippen LogP contribution in [0.2, 0.25) is 0 Å². The molecule has 0 saturated carbocycles. The van der Waals surface area contributed by atoms with Crippen molar-refractivity contribution in [1.29, 1.82) is 0 Å². The zero-order valence-corrected chi connectivity index (χ0v) is 33.3. The van der Waals surface area contributed by atoms with E-state index < -0.39 is 29.8 Å². The molecule has 4 aliphatic rings. The van der Waals surface area contributed by atoms with Crippen LogP contribution in [0.3, 0.4) is 0 Å². The summed E-state index contributed by atoms with van der Waals surface area (Å²) in [5.41, 5.74) is 1.15. The van der Waals surface area contributed by atoms with E-state index in [0.717, 1.165) is 17.7 Å². The van der Waals surface area contributed by atoms with Gasteiger partial charge < -0.3 is 29.1 Å². The highest BCUT2D eigenvalue weighted by atomic mass is 19.4. The second kappa shape index (κ2) is 17.4. The van der Waals surface area contributed by atoms with Gasteiger partial charge in [0.1, 0.15) is 11.7 Å². The molecule has 4 amide bonds. The molecule has 0 radical (unpaired) electrons. The van der Waals surface area contributed by atoms with Gasteiger partial charge in [-0.15, -0.1) is 5.10 Å². The van der Waals surface area contributed by atoms with Gasteiger partial charge in [-0.25, -0.2) is 9.67 Å². The molecular formula is C43H47F3N8O6. The molecular weight excluding hydrogens is 782 g/mol. The maximum atomic E-state index is 14.6. The number of pyridine rings is 1. The monoisotopic (exact) mass is 828 g/mol. The first kappa shape index (κ1) is 40.9. The summed E-state index contributed by atoms with van der Waals surface area (Å²) < 4.78 is 56.5. The van der Waals surface area contributed by atoms with Crippen molar-refractivity contribution < 1.29 is 41.8 Å². The Hall–Kier alpha value is -5.84. The molecule has 0 aliphatic carbocycles. The van der Waals surface area contributed by atoms with Crippen LogP contribution in [0.15, 0.2) is 72.9 Å². The number of piperidine rings is 1. The summed E-state index contributed by atoms with van der Waals surface area (Å²) in [6, 6.07) is 17.0. The second-order valence-electron chi connectivity index (χ2n) is 16.0. The van der Waals surface area contributed by atoms with Gasteiger partial charge in [0.25, 0.3) is 5.91 Å². The summed E-state index contributed by atoms with van der Waals surface area (Å²) in [7, 11) is 0. The highest BCUT2D eigenvalue weighted by molar-refractivity contribution is 5.99. The Balaban J connectivity index is 1.05. The molecule has 4 aliphatic heterocycles. The number of hydrogen-bond acceptors (Lipinski definition) is 9. The Morgan fingerprint density at radius 2 is 1.67 bits per heavy atom. The summed E-state index contributed by atoms with van der Waals surface area (Å²) in [5, 5.41) is 8.49. The molecule has 316 valence electrons. The molecule has 4 atom stereocenters. The van der Waals surface area contributed by atoms with E-state index in [9.17, 15) is 32.3 Å². The Kier molecular flexibility index (Phi) is 11.9. The predicted octanol–water partition coefficient (Wildman–Crippen LogP) is 4.54. The lowest BCUT2D eigenvalue weighted by Gasteiger charge is -2.41. The quantitative estimate of drug-likeness (QED) is 0.263. The van der Waals surface area contributed by atoms with E-state index in [-0.39, 0.29) is 91.4 Å². The molecule has 8 rings (SSSR count). The highest BCUT2D eigenvalue weighted by Crippen LogP contribution is 2.36. The molecule has 2 aromatic heterocycles. The van der Waals surface area contributed by atoms with Gasteiger partial charge in [-0.1, -0.05) is 47.7 Å². The van der Waals surface area contributed by atoms with Crippen LogP contribution in [0.25, 0.3) is 11.3 Å². The molecule has 17 heteroatoms. The number of nitrogens with zero attached hydrogens (tertiary/aromatic N) is 8. The minimum atomic E-state index is -4.69. The number of amides is 4. The van der Waals surface area contributed by atoms with Gasteiger partial charge in [-0.2, -0.15) is 13.2 Å². The second-order valence-corrected chi connectivity index (χ2v) is 16.0. The topological polar surface area (TPSA) is 143 Å². The lowest BCUT2D eigenvalue weighted by atomic mass is 9.80. The Morgan fingerprint density at radius 3 is 2.43 bits per heavy atom. The van der Waals surface area contributed by atoms with Crippen molar-refractivity contribution in [3.05, 3.63) is 95.3 Å². The number of carbonyl (C=O) groups is 4. The summed E-state index contributed by atoms with van der Waals surface area (Å²) in [6.45, 7) is 4.63. The number of aromatic nitrogens is 4. The van der Waals surface area contributed by atoms with E-state index in [1.807, 2.05) is 30.3 Å². The number of halogens is 3. The van der Waals surface area contributed by atoms with Crippen LogP contribution in [-0.4, -0.2) is 128 Å². The van der Waals surface area contributed by atoms with Crippen molar-refractivity contribution in [2.24, 2.45) is 11.8 Å². The number of rotatable bonds is 7. The largest absolute Gasteiger partial charge is 0.478 e. The molecule has 6 bridgehead atoms. The van der Waals surface area contributed by atoms with Crippen LogP contribution in [-0.2, 0) is 38.4 Å². The number of benzene rings is 2. The molecule has 14 nitrogen and oxygen atoms in total. The zero-order valence-electron chi connectivity index (χ0n) is 33.3. The van der Waals surface area contributed by atoms with Gasteiger partial charge in [0, 0.05) is 82.8 Å². The first-order valence-corrected chi connectivity index (χ1v) is 20.4. The van der Waals surface area contributed by atoms with E-state index in [0.29, 0.717) is 57.8 Å². The van der Waals surface area contributed by atoms with Crippen LogP contribution in [0.5, 0.6) is 5.88 Å². The third kappa shape index (κ3) is 9.30. The van der Waals surface area contributed by atoms with Gasteiger partial charge >= 0.3 is 6.18 Å². The number of alkyl halides is 3. The maximum absolute atomic E-state index is 14.6. The van der Waals surface area contributed by atoms with Crippen molar-refractivity contribution in [2.75, 3.05) is 52.4 Å². The number of hydrogen-bond donors (Lipinski definition) is 0. The van der Waals surface area contributed by atoms with Crippen LogP contribution in [0.4, 0.5) is 13.2 Å². The van der Waals surface area contributed by atoms with Gasteiger partial charge in [0.2, 0.25) is 23.6 Å². The van der Waals surface area contributed by atoms with Crippen molar-refractivity contribution in [3.63, 3.8) is 0 Å². The van der Waals surface area contributed by atoms with Crippen LogP contribution < -0.4 is 4.74 Å². The normalized spacial score (nSPS) is 22.4. The fraction of sp³-hybridized carbons (Fsp3) is 0.465. The fourth-order valence-electron chi connectivity index (χ4n) is 8.73. The molecule has 0 N–H and O–H groups in total. The number of piperazine rings is 1. The van der Waals surface area contributed by atoms with E-state index in [1.165, 1.54) is 17.9 Å². The van der Waals surface area contributed by atoms with Gasteiger partial charge in [0.15, 0.2) is 0 Å². The average Bonchev–Trinajstić information content (AvgIpc) is 3.89. The number of ether oxygens (including phenoxy) is 2. The Bertz CT molecular complexity index is 2210. The minimum Gasteiger partial charge on any atom is -0.478 e. The van der Waals surface area contributed by atoms with Crippen molar-refractivity contribution in [3.8, 4) is 17.1 Å². The zero-order chi connectivity index (χ0) is 42.0. The fourth-order valence-corrected chi connectivity index (χ4v) is 8.73. The predicted molar refractivity (Wildman–Crippen MR) is 210 cm³/mol. The van der Waals surface area contributed by atoms with Crippen LogP contribution >= 0.6 is 0 Å². The SMILES string of the molecule is CC(=O)N1CCN(C(=O)C[C@@H]2CCN3C[C@@H]2CCOc2cc(C(F)(F)F)cc(n2)-c2cccc(c2)C(=O)N2C[C@H](OCc4cn(Cc5ccccc5)nn4)C[C@H]2C3=O)CC1. The molecule has 2 aromatic carbocycles. The lowest BCUT2D eigenvalue weighted by molar-refractivity contribution is -0.141. The summed E-state index contributed by atoms with van der Waals surface area (Å²) >= 11 is 0. The third-order valence-electron chi connectivity index (χ3n) is 12.0. The molecule has 0 unspecified atom stereocenters. The molecule has 3 fully saturated rings. The number of carbonyl (C=O) groups excluding carboxylic acids is 4. The standard InChI is InChI=1S/C43H47F3N8O6/c1-28(55)50-13-15-51(16-14-50)40(56)19-30-10-12-52-24-33(30)11-17-59-39-21-34(43(44,45)46)20-37(47-39)31-8-5-9-32(18-31)41(57)54-26-36(22-38(54)42(52)58)60-27-35-25-53(49-48-35)23-29-6-3-2-4-7-29/h2-9,18,20-21,25,30,33,36,38H,10-17,19,22-24,26-27H2,1H3/t30-,33-,36+,38-/m0/s1. The first-order valence-electron chi connectivity index (χ1n) is 20.4. The Morgan fingerprint density at radius 1 is 0.900 bits per heavy atom. The molecule has 4 aromatic rings.